The Morgan fingerprint density at radius 2 is 1.77 bits per heavy atom. The van der Waals surface area contributed by atoms with E-state index in [2.05, 4.69) is 24.1 Å². The van der Waals surface area contributed by atoms with E-state index >= 15 is 0 Å². The second kappa shape index (κ2) is 11.2. The van der Waals surface area contributed by atoms with Gasteiger partial charge in [0.15, 0.2) is 0 Å². The molecule has 1 aromatic rings. The van der Waals surface area contributed by atoms with Gasteiger partial charge in [-0.1, -0.05) is 26.0 Å². The Morgan fingerprint density at radius 1 is 1.15 bits per heavy atom. The molecule has 0 aromatic heterocycles. The van der Waals surface area contributed by atoms with Crippen LogP contribution >= 0.6 is 24.8 Å². The molecule has 1 heterocycles. The Hall–Kier alpha value is -0.690. The number of rotatable bonds is 6. The SMILES string of the molecule is COc1ccc(C(C)C)cc1[C@@H](CCC(F)(F)F)N1CCNCC1.Cl.Cl. The average molecular weight is 417 g/mol. The van der Waals surface area contributed by atoms with E-state index in [9.17, 15) is 13.2 Å². The molecule has 0 unspecified atom stereocenters. The fourth-order valence-corrected chi connectivity index (χ4v) is 3.20. The van der Waals surface area contributed by atoms with Gasteiger partial charge in [0.25, 0.3) is 0 Å². The monoisotopic (exact) mass is 416 g/mol. The highest BCUT2D eigenvalue weighted by Crippen LogP contribution is 2.37. The summed E-state index contributed by atoms with van der Waals surface area (Å²) in [6.07, 6.45) is -4.87. The summed E-state index contributed by atoms with van der Waals surface area (Å²) in [7, 11) is 1.58. The quantitative estimate of drug-likeness (QED) is 0.709. The van der Waals surface area contributed by atoms with Crippen molar-refractivity contribution in [3.63, 3.8) is 0 Å². The van der Waals surface area contributed by atoms with Crippen LogP contribution in [0.15, 0.2) is 18.2 Å². The van der Waals surface area contributed by atoms with Crippen LogP contribution in [0, 0.1) is 0 Å². The molecule has 26 heavy (non-hydrogen) atoms. The van der Waals surface area contributed by atoms with Crippen molar-refractivity contribution in [2.45, 2.75) is 44.8 Å². The van der Waals surface area contributed by atoms with Crippen molar-refractivity contribution in [2.24, 2.45) is 0 Å². The first-order valence-electron chi connectivity index (χ1n) is 8.51. The lowest BCUT2D eigenvalue weighted by Crippen LogP contribution is -2.45. The maximum absolute atomic E-state index is 12.8. The van der Waals surface area contributed by atoms with Gasteiger partial charge in [-0.2, -0.15) is 13.2 Å². The van der Waals surface area contributed by atoms with Crippen molar-refractivity contribution in [3.8, 4) is 5.75 Å². The van der Waals surface area contributed by atoms with Gasteiger partial charge < -0.3 is 10.1 Å². The average Bonchev–Trinajstić information content (AvgIpc) is 2.54. The minimum Gasteiger partial charge on any atom is -0.496 e. The summed E-state index contributed by atoms with van der Waals surface area (Å²) in [4.78, 5) is 2.14. The van der Waals surface area contributed by atoms with E-state index in [1.54, 1.807) is 7.11 Å². The highest BCUT2D eigenvalue weighted by Gasteiger charge is 2.32. The molecule has 8 heteroatoms. The molecule has 0 saturated carbocycles. The fourth-order valence-electron chi connectivity index (χ4n) is 3.20. The summed E-state index contributed by atoms with van der Waals surface area (Å²) in [5.41, 5.74) is 1.99. The Kier molecular flexibility index (Phi) is 10.9. The van der Waals surface area contributed by atoms with Gasteiger partial charge in [0.1, 0.15) is 5.75 Å². The zero-order valence-corrected chi connectivity index (χ0v) is 17.1. The van der Waals surface area contributed by atoms with E-state index in [4.69, 9.17) is 4.74 Å². The molecule has 0 radical (unpaired) electrons. The number of halogens is 5. The smallest absolute Gasteiger partial charge is 0.389 e. The van der Waals surface area contributed by atoms with Crippen molar-refractivity contribution in [2.75, 3.05) is 33.3 Å². The topological polar surface area (TPSA) is 24.5 Å². The molecule has 2 rings (SSSR count). The number of alkyl halides is 3. The lowest BCUT2D eigenvalue weighted by atomic mass is 9.93. The molecule has 1 saturated heterocycles. The largest absolute Gasteiger partial charge is 0.496 e. The molecule has 1 aliphatic heterocycles. The van der Waals surface area contributed by atoms with E-state index in [-0.39, 0.29) is 37.3 Å². The van der Waals surface area contributed by atoms with Crippen LogP contribution < -0.4 is 10.1 Å². The molecule has 0 amide bonds. The molecule has 0 aliphatic carbocycles. The van der Waals surface area contributed by atoms with Crippen molar-refractivity contribution < 1.29 is 17.9 Å². The van der Waals surface area contributed by atoms with Crippen molar-refractivity contribution in [1.82, 2.24) is 10.2 Å². The third kappa shape index (κ3) is 7.14. The Balaban J connectivity index is 0.00000312. The zero-order chi connectivity index (χ0) is 17.7. The first-order chi connectivity index (χ1) is 11.3. The van der Waals surface area contributed by atoms with Crippen LogP contribution in [0.5, 0.6) is 5.75 Å². The standard InChI is InChI=1S/C18H27F3N2O.2ClH/c1-13(2)14-4-5-17(24-3)15(12-14)16(6-7-18(19,20)21)23-10-8-22-9-11-23;;/h4-5,12-13,16,22H,6-11H2,1-3H3;2*1H/t16-;;/m1../s1. The van der Waals surface area contributed by atoms with Gasteiger partial charge in [-0.25, -0.2) is 0 Å². The van der Waals surface area contributed by atoms with E-state index in [0.717, 1.165) is 37.3 Å². The normalized spacial score (nSPS) is 16.6. The summed E-state index contributed by atoms with van der Waals surface area (Å²) in [5, 5.41) is 3.26. The molecule has 1 aromatic carbocycles. The number of methoxy groups -OCH3 is 1. The maximum atomic E-state index is 12.8. The van der Waals surface area contributed by atoms with Crippen LogP contribution in [0.2, 0.25) is 0 Å². The Labute approximate surface area is 166 Å². The van der Waals surface area contributed by atoms with Crippen LogP contribution in [0.1, 0.15) is 49.8 Å². The number of benzene rings is 1. The van der Waals surface area contributed by atoms with E-state index in [1.165, 1.54) is 0 Å². The molecule has 1 fully saturated rings. The van der Waals surface area contributed by atoms with Crippen molar-refractivity contribution in [1.29, 1.82) is 0 Å². The van der Waals surface area contributed by atoms with Gasteiger partial charge in [-0.3, -0.25) is 4.90 Å². The summed E-state index contributed by atoms with van der Waals surface area (Å²) < 4.78 is 43.9. The molecule has 0 bridgehead atoms. The van der Waals surface area contributed by atoms with Crippen molar-refractivity contribution >= 4 is 24.8 Å². The fraction of sp³-hybridized carbons (Fsp3) is 0.667. The molecule has 152 valence electrons. The molecule has 3 nitrogen and oxygen atoms in total. The van der Waals surface area contributed by atoms with E-state index in [1.807, 2.05) is 18.2 Å². The van der Waals surface area contributed by atoms with Crippen LogP contribution in [0.3, 0.4) is 0 Å². The summed E-state index contributed by atoms with van der Waals surface area (Å²) in [5.74, 6) is 0.992. The van der Waals surface area contributed by atoms with E-state index < -0.39 is 12.6 Å². The minimum atomic E-state index is -4.14. The van der Waals surface area contributed by atoms with E-state index in [0.29, 0.717) is 11.7 Å². The summed E-state index contributed by atoms with van der Waals surface area (Å²) in [6.45, 7) is 7.26. The number of piperazine rings is 1. The number of nitrogens with zero attached hydrogens (tertiary/aromatic N) is 1. The molecule has 0 spiro atoms. The van der Waals surface area contributed by atoms with Gasteiger partial charge in [-0.05, 0) is 24.0 Å². The Morgan fingerprint density at radius 3 is 2.27 bits per heavy atom. The van der Waals surface area contributed by atoms with Crippen LogP contribution in [0.4, 0.5) is 13.2 Å². The third-order valence-corrected chi connectivity index (χ3v) is 4.57. The maximum Gasteiger partial charge on any atom is 0.389 e. The Bertz CT molecular complexity index is 536. The van der Waals surface area contributed by atoms with Gasteiger partial charge in [0, 0.05) is 44.2 Å². The molecule has 1 atom stereocenters. The first-order valence-corrected chi connectivity index (χ1v) is 8.51. The number of hydrogen-bond donors (Lipinski definition) is 1. The zero-order valence-electron chi connectivity index (χ0n) is 15.4. The predicted molar refractivity (Wildman–Crippen MR) is 104 cm³/mol. The molecule has 1 N–H and O–H groups in total. The van der Waals surface area contributed by atoms with Crippen LogP contribution in [-0.4, -0.2) is 44.4 Å². The third-order valence-electron chi connectivity index (χ3n) is 4.57. The summed E-state index contributed by atoms with van der Waals surface area (Å²) >= 11 is 0. The lowest BCUT2D eigenvalue weighted by Gasteiger charge is -2.36. The number of nitrogens with one attached hydrogen (secondary N) is 1. The van der Waals surface area contributed by atoms with Crippen LogP contribution in [0.25, 0.3) is 0 Å². The van der Waals surface area contributed by atoms with Crippen molar-refractivity contribution in [3.05, 3.63) is 29.3 Å². The van der Waals surface area contributed by atoms with Gasteiger partial charge in [-0.15, -0.1) is 24.8 Å². The van der Waals surface area contributed by atoms with Gasteiger partial charge in [0.2, 0.25) is 0 Å². The molecule has 1 aliphatic rings. The summed E-state index contributed by atoms with van der Waals surface area (Å²) in [6, 6.07) is 5.62. The van der Waals surface area contributed by atoms with Gasteiger partial charge in [0.05, 0.1) is 7.11 Å². The highest BCUT2D eigenvalue weighted by atomic mass is 35.5. The minimum absolute atomic E-state index is 0. The van der Waals surface area contributed by atoms with Crippen LogP contribution in [-0.2, 0) is 0 Å². The predicted octanol–water partition coefficient (Wildman–Crippen LogP) is 4.95. The first kappa shape index (κ1) is 25.3. The number of hydrogen-bond acceptors (Lipinski definition) is 3. The lowest BCUT2D eigenvalue weighted by molar-refractivity contribution is -0.138. The highest BCUT2D eigenvalue weighted by molar-refractivity contribution is 5.85. The number of ether oxygens (including phenoxy) is 1. The van der Waals surface area contributed by atoms with Gasteiger partial charge >= 0.3 is 6.18 Å². The molecular formula is C18H29Cl2F3N2O. The molecular weight excluding hydrogens is 388 g/mol. The second-order valence-electron chi connectivity index (χ2n) is 6.61. The second-order valence-corrected chi connectivity index (χ2v) is 6.61.